The number of rotatable bonds is 1. The zero-order valence-corrected chi connectivity index (χ0v) is 9.40. The fraction of sp³-hybridized carbons (Fsp3) is 0.333. The van der Waals surface area contributed by atoms with E-state index in [0.717, 1.165) is 11.3 Å². The first-order valence-electron chi connectivity index (χ1n) is 5.08. The van der Waals surface area contributed by atoms with Crippen LogP contribution < -0.4 is 0 Å². The summed E-state index contributed by atoms with van der Waals surface area (Å²) < 4.78 is 0. The molecule has 0 saturated heterocycles. The number of nitriles is 1. The van der Waals surface area contributed by atoms with Gasteiger partial charge in [0.25, 0.3) is 0 Å². The maximum absolute atomic E-state index is 9.07. The van der Waals surface area contributed by atoms with E-state index < -0.39 is 5.41 Å². The van der Waals surface area contributed by atoms with E-state index in [-0.39, 0.29) is 12.0 Å². The van der Waals surface area contributed by atoms with Gasteiger partial charge in [-0.1, -0.05) is 28.9 Å². The van der Waals surface area contributed by atoms with Gasteiger partial charge in [-0.15, -0.1) is 0 Å². The first-order chi connectivity index (χ1) is 7.66. The van der Waals surface area contributed by atoms with Crippen LogP contribution in [0.15, 0.2) is 29.4 Å². The molecule has 0 bridgehead atoms. The molecule has 0 unspecified atom stereocenters. The van der Waals surface area contributed by atoms with Crippen LogP contribution in [-0.4, -0.2) is 11.8 Å². The van der Waals surface area contributed by atoms with Gasteiger partial charge in [0.15, 0.2) is 6.10 Å². The van der Waals surface area contributed by atoms with E-state index in [1.807, 2.05) is 31.2 Å². The lowest BCUT2D eigenvalue weighted by molar-refractivity contribution is 0.119. The first kappa shape index (κ1) is 9.68. The van der Waals surface area contributed by atoms with Gasteiger partial charge in [0.2, 0.25) is 0 Å². The molecule has 1 aliphatic carbocycles. The van der Waals surface area contributed by atoms with E-state index in [0.29, 0.717) is 5.02 Å². The fourth-order valence-corrected chi connectivity index (χ4v) is 2.35. The van der Waals surface area contributed by atoms with E-state index >= 15 is 0 Å². The lowest BCUT2D eigenvalue weighted by Gasteiger charge is -2.05. The van der Waals surface area contributed by atoms with Crippen LogP contribution in [-0.2, 0) is 4.84 Å². The van der Waals surface area contributed by atoms with Crippen LogP contribution in [0.3, 0.4) is 0 Å². The summed E-state index contributed by atoms with van der Waals surface area (Å²) in [7, 11) is 0. The molecular formula is C12H9ClN2O. The van der Waals surface area contributed by atoms with Gasteiger partial charge in [0.05, 0.1) is 17.7 Å². The predicted molar refractivity (Wildman–Crippen MR) is 60.1 cm³/mol. The van der Waals surface area contributed by atoms with Crippen molar-refractivity contribution in [1.82, 2.24) is 0 Å². The molecule has 1 aromatic rings. The highest BCUT2D eigenvalue weighted by atomic mass is 35.5. The minimum absolute atomic E-state index is 0.0665. The molecule has 0 spiro atoms. The van der Waals surface area contributed by atoms with Crippen LogP contribution in [0.2, 0.25) is 5.02 Å². The Kier molecular flexibility index (Phi) is 1.81. The Labute approximate surface area is 98.3 Å². The smallest absolute Gasteiger partial charge is 0.156 e. The predicted octanol–water partition coefficient (Wildman–Crippen LogP) is 2.60. The molecule has 1 fully saturated rings. The molecule has 0 radical (unpaired) electrons. The molecule has 1 saturated carbocycles. The molecule has 1 aliphatic heterocycles. The summed E-state index contributed by atoms with van der Waals surface area (Å²) in [6, 6.07) is 9.74. The summed E-state index contributed by atoms with van der Waals surface area (Å²) in [5.74, 6) is 0.110. The first-order valence-corrected chi connectivity index (χ1v) is 5.45. The summed E-state index contributed by atoms with van der Waals surface area (Å²) in [4.78, 5) is 5.26. The number of nitrogens with zero attached hydrogens (tertiary/aromatic N) is 2. The normalized spacial score (nSPS) is 34.7. The number of oxime groups is 1. The summed E-state index contributed by atoms with van der Waals surface area (Å²) in [6.45, 7) is 1.91. The van der Waals surface area contributed by atoms with Crippen molar-refractivity contribution >= 4 is 17.3 Å². The van der Waals surface area contributed by atoms with E-state index in [4.69, 9.17) is 21.7 Å². The minimum Gasteiger partial charge on any atom is -0.390 e. The Balaban J connectivity index is 1.94. The maximum Gasteiger partial charge on any atom is 0.156 e. The van der Waals surface area contributed by atoms with E-state index in [1.165, 1.54) is 0 Å². The Morgan fingerprint density at radius 1 is 1.44 bits per heavy atom. The average Bonchev–Trinajstić information content (AvgIpc) is 2.70. The highest BCUT2D eigenvalue weighted by molar-refractivity contribution is 6.30. The molecule has 1 heterocycles. The Morgan fingerprint density at radius 2 is 2.12 bits per heavy atom. The zero-order valence-electron chi connectivity index (χ0n) is 8.64. The molecule has 3 atom stereocenters. The van der Waals surface area contributed by atoms with Crippen LogP contribution in [0.1, 0.15) is 12.5 Å². The third kappa shape index (κ3) is 1.11. The second-order valence-corrected chi connectivity index (χ2v) is 4.82. The largest absolute Gasteiger partial charge is 0.390 e. The van der Waals surface area contributed by atoms with Gasteiger partial charge in [-0.05, 0) is 24.6 Å². The Bertz CT molecular complexity index is 517. The molecule has 0 N–H and O–H groups in total. The molecule has 1 aromatic carbocycles. The summed E-state index contributed by atoms with van der Waals surface area (Å²) in [5.41, 5.74) is 1.44. The van der Waals surface area contributed by atoms with E-state index in [1.54, 1.807) is 0 Å². The average molecular weight is 233 g/mol. The SMILES string of the molecule is C[C@]1(C#N)[C@@H]2C(c3ccc(Cl)cc3)=NO[C@@H]21. The van der Waals surface area contributed by atoms with Gasteiger partial charge in [-0.2, -0.15) is 5.26 Å². The number of hydrogen-bond acceptors (Lipinski definition) is 3. The molecular weight excluding hydrogens is 224 g/mol. The lowest BCUT2D eigenvalue weighted by atomic mass is 10.0. The van der Waals surface area contributed by atoms with Gasteiger partial charge < -0.3 is 4.84 Å². The van der Waals surface area contributed by atoms with Crippen LogP contribution >= 0.6 is 11.6 Å². The summed E-state index contributed by atoms with van der Waals surface area (Å²) in [5, 5.41) is 13.8. The van der Waals surface area contributed by atoms with Crippen molar-refractivity contribution < 1.29 is 4.84 Å². The van der Waals surface area contributed by atoms with Gasteiger partial charge in [-0.25, -0.2) is 0 Å². The zero-order chi connectivity index (χ0) is 11.3. The number of benzene rings is 1. The molecule has 16 heavy (non-hydrogen) atoms. The maximum atomic E-state index is 9.07. The lowest BCUT2D eigenvalue weighted by Crippen LogP contribution is -2.09. The van der Waals surface area contributed by atoms with Crippen molar-refractivity contribution in [2.45, 2.75) is 13.0 Å². The van der Waals surface area contributed by atoms with Crippen molar-refractivity contribution in [3.8, 4) is 6.07 Å². The standard InChI is InChI=1S/C12H9ClN2O/c1-12(6-14)9-10(15-16-11(9)12)7-2-4-8(13)5-3-7/h2-5,9,11H,1H3/t9-,11+,12+/m1/s1. The van der Waals surface area contributed by atoms with E-state index in [9.17, 15) is 0 Å². The van der Waals surface area contributed by atoms with Crippen LogP contribution in [0.4, 0.5) is 0 Å². The molecule has 3 nitrogen and oxygen atoms in total. The van der Waals surface area contributed by atoms with Crippen LogP contribution in [0.25, 0.3) is 0 Å². The third-order valence-electron chi connectivity index (χ3n) is 3.37. The van der Waals surface area contributed by atoms with Gasteiger partial charge >= 0.3 is 0 Å². The monoisotopic (exact) mass is 232 g/mol. The van der Waals surface area contributed by atoms with Crippen molar-refractivity contribution in [1.29, 1.82) is 5.26 Å². The van der Waals surface area contributed by atoms with Gasteiger partial charge in [-0.3, -0.25) is 0 Å². The molecule has 3 rings (SSSR count). The number of halogens is 1. The third-order valence-corrected chi connectivity index (χ3v) is 3.62. The van der Waals surface area contributed by atoms with Crippen molar-refractivity contribution in [2.75, 3.05) is 0 Å². The van der Waals surface area contributed by atoms with Crippen molar-refractivity contribution in [2.24, 2.45) is 16.5 Å². The van der Waals surface area contributed by atoms with Crippen molar-refractivity contribution in [3.63, 3.8) is 0 Å². The van der Waals surface area contributed by atoms with Gasteiger partial charge in [0, 0.05) is 5.02 Å². The summed E-state index contributed by atoms with van der Waals surface area (Å²) >= 11 is 5.83. The number of fused-ring (bicyclic) bond motifs is 1. The van der Waals surface area contributed by atoms with E-state index in [2.05, 4.69) is 11.2 Å². The topological polar surface area (TPSA) is 45.4 Å². The minimum atomic E-state index is -0.406. The molecule has 4 heteroatoms. The summed E-state index contributed by atoms with van der Waals surface area (Å²) in [6.07, 6.45) is -0.0665. The quantitative estimate of drug-likeness (QED) is 0.747. The number of hydrogen-bond donors (Lipinski definition) is 0. The van der Waals surface area contributed by atoms with Crippen LogP contribution in [0, 0.1) is 22.7 Å². The fourth-order valence-electron chi connectivity index (χ4n) is 2.23. The highest BCUT2D eigenvalue weighted by Crippen LogP contribution is 2.58. The molecule has 0 amide bonds. The van der Waals surface area contributed by atoms with Crippen molar-refractivity contribution in [3.05, 3.63) is 34.9 Å². The second-order valence-electron chi connectivity index (χ2n) is 4.38. The molecule has 80 valence electrons. The highest BCUT2D eigenvalue weighted by Gasteiger charge is 2.70. The van der Waals surface area contributed by atoms with Gasteiger partial charge in [0.1, 0.15) is 5.41 Å². The molecule has 0 aromatic heterocycles. The molecule has 2 aliphatic rings. The second kappa shape index (κ2) is 2.99. The van der Waals surface area contributed by atoms with Crippen LogP contribution in [0.5, 0.6) is 0 Å². The Morgan fingerprint density at radius 3 is 2.69 bits per heavy atom. The Hall–Kier alpha value is -1.53.